The second-order valence-corrected chi connectivity index (χ2v) is 2.97. The Hall–Kier alpha value is -1.91. The fourth-order valence-corrected chi connectivity index (χ4v) is 1.35. The molecule has 2 rings (SSSR count). The molecular formula is C10H6F2O3. The van der Waals surface area contributed by atoms with Crippen LogP contribution in [0.2, 0.25) is 0 Å². The predicted octanol–water partition coefficient (Wildman–Crippen LogP) is 2.44. The van der Waals surface area contributed by atoms with E-state index in [-0.39, 0.29) is 5.58 Å². The maximum absolute atomic E-state index is 12.6. The number of hydrogen-bond acceptors (Lipinski definition) is 3. The average Bonchev–Trinajstić information content (AvgIpc) is 2.16. The molecule has 1 aromatic heterocycles. The molecule has 0 radical (unpaired) electrons. The topological polar surface area (TPSA) is 50.4 Å². The van der Waals surface area contributed by atoms with Crippen molar-refractivity contribution in [3.8, 4) is 5.75 Å². The lowest BCUT2D eigenvalue weighted by Crippen LogP contribution is -1.97. The number of fused-ring (bicyclic) bond motifs is 1. The molecule has 0 aliphatic heterocycles. The van der Waals surface area contributed by atoms with E-state index in [0.29, 0.717) is 5.39 Å². The molecule has 15 heavy (non-hydrogen) atoms. The van der Waals surface area contributed by atoms with Crippen molar-refractivity contribution >= 4 is 11.0 Å². The van der Waals surface area contributed by atoms with Gasteiger partial charge in [0.1, 0.15) is 11.3 Å². The molecule has 1 N–H and O–H groups in total. The fourth-order valence-electron chi connectivity index (χ4n) is 1.35. The molecule has 0 saturated heterocycles. The van der Waals surface area contributed by atoms with Crippen molar-refractivity contribution in [3.05, 3.63) is 40.2 Å². The number of aromatic hydroxyl groups is 1. The van der Waals surface area contributed by atoms with E-state index in [4.69, 9.17) is 0 Å². The van der Waals surface area contributed by atoms with Gasteiger partial charge in [-0.15, -0.1) is 0 Å². The molecule has 0 saturated carbocycles. The largest absolute Gasteiger partial charge is 0.507 e. The lowest BCUT2D eigenvalue weighted by atomic mass is 10.1. The van der Waals surface area contributed by atoms with Gasteiger partial charge in [0.15, 0.2) is 5.58 Å². The zero-order valence-corrected chi connectivity index (χ0v) is 7.41. The normalized spacial score (nSPS) is 11.1. The number of phenolic OH excluding ortho intramolecular Hbond substituents is 1. The van der Waals surface area contributed by atoms with Crippen LogP contribution in [-0.2, 0) is 0 Å². The molecule has 0 fully saturated rings. The first kappa shape index (κ1) is 9.64. The monoisotopic (exact) mass is 212 g/mol. The summed E-state index contributed by atoms with van der Waals surface area (Å²) in [5.41, 5.74) is -1.64. The minimum atomic E-state index is -2.89. The van der Waals surface area contributed by atoms with Crippen LogP contribution in [0, 0.1) is 0 Å². The zero-order chi connectivity index (χ0) is 11.0. The fraction of sp³-hybridized carbons (Fsp3) is 0.100. The van der Waals surface area contributed by atoms with Gasteiger partial charge in [0.2, 0.25) is 0 Å². The van der Waals surface area contributed by atoms with Crippen LogP contribution in [-0.4, -0.2) is 5.11 Å². The first-order chi connectivity index (χ1) is 7.09. The lowest BCUT2D eigenvalue weighted by molar-refractivity contribution is 0.147. The van der Waals surface area contributed by atoms with Crippen molar-refractivity contribution in [2.75, 3.05) is 0 Å². The first-order valence-corrected chi connectivity index (χ1v) is 4.13. The Balaban J connectivity index is 2.90. The van der Waals surface area contributed by atoms with E-state index in [0.717, 1.165) is 12.1 Å². The molecule has 3 nitrogen and oxygen atoms in total. The van der Waals surface area contributed by atoms with E-state index < -0.39 is 23.4 Å². The Morgan fingerprint density at radius 1 is 1.20 bits per heavy atom. The van der Waals surface area contributed by atoms with Crippen LogP contribution >= 0.6 is 0 Å². The first-order valence-electron chi connectivity index (χ1n) is 4.13. The second kappa shape index (κ2) is 3.34. The molecule has 1 heterocycles. The molecule has 2 aromatic rings. The number of rotatable bonds is 1. The van der Waals surface area contributed by atoms with Gasteiger partial charge in [0.05, 0.1) is 0 Å². The molecule has 78 valence electrons. The highest BCUT2D eigenvalue weighted by Crippen LogP contribution is 2.34. The highest BCUT2D eigenvalue weighted by molar-refractivity contribution is 5.82. The van der Waals surface area contributed by atoms with Gasteiger partial charge in [0.25, 0.3) is 6.43 Å². The highest BCUT2D eigenvalue weighted by atomic mass is 19.3. The predicted molar refractivity (Wildman–Crippen MR) is 49.1 cm³/mol. The number of halogens is 2. The van der Waals surface area contributed by atoms with Crippen LogP contribution in [0.25, 0.3) is 11.0 Å². The maximum Gasteiger partial charge on any atom is 0.336 e. The van der Waals surface area contributed by atoms with Gasteiger partial charge in [-0.05, 0) is 18.2 Å². The summed E-state index contributed by atoms with van der Waals surface area (Å²) >= 11 is 0. The Morgan fingerprint density at radius 2 is 1.87 bits per heavy atom. The van der Waals surface area contributed by atoms with E-state index >= 15 is 0 Å². The van der Waals surface area contributed by atoms with Gasteiger partial charge in [-0.2, -0.15) is 0 Å². The van der Waals surface area contributed by atoms with Gasteiger partial charge in [0, 0.05) is 11.5 Å². The number of benzene rings is 1. The molecule has 0 aliphatic carbocycles. The smallest absolute Gasteiger partial charge is 0.336 e. The average molecular weight is 212 g/mol. The van der Waals surface area contributed by atoms with Crippen molar-refractivity contribution in [3.63, 3.8) is 0 Å². The van der Waals surface area contributed by atoms with Crippen LogP contribution in [0.5, 0.6) is 5.75 Å². The van der Waals surface area contributed by atoms with Gasteiger partial charge >= 0.3 is 5.63 Å². The van der Waals surface area contributed by atoms with E-state index in [1.54, 1.807) is 0 Å². The summed E-state index contributed by atoms with van der Waals surface area (Å²) in [5.74, 6) is -0.577. The number of alkyl halides is 2. The van der Waals surface area contributed by atoms with E-state index in [1.807, 2.05) is 0 Å². The number of hydrogen-bond donors (Lipinski definition) is 1. The van der Waals surface area contributed by atoms with E-state index in [1.165, 1.54) is 12.1 Å². The zero-order valence-electron chi connectivity index (χ0n) is 7.41. The summed E-state index contributed by atoms with van der Waals surface area (Å²) < 4.78 is 29.8. The summed E-state index contributed by atoms with van der Waals surface area (Å²) in [6.45, 7) is 0. The van der Waals surface area contributed by atoms with Crippen LogP contribution in [0.4, 0.5) is 8.78 Å². The summed E-state index contributed by atoms with van der Waals surface area (Å²) in [7, 11) is 0. The molecule has 0 amide bonds. The van der Waals surface area contributed by atoms with E-state index in [2.05, 4.69) is 4.42 Å². The third kappa shape index (κ3) is 1.56. The molecule has 1 aromatic carbocycles. The Kier molecular flexibility index (Phi) is 2.15. The molecule has 0 unspecified atom stereocenters. The highest BCUT2D eigenvalue weighted by Gasteiger charge is 2.18. The molecule has 0 aliphatic rings. The van der Waals surface area contributed by atoms with Crippen LogP contribution in [0.1, 0.15) is 12.0 Å². The maximum atomic E-state index is 12.6. The van der Waals surface area contributed by atoms with Crippen molar-refractivity contribution in [2.24, 2.45) is 0 Å². The Bertz CT molecular complexity index is 560. The Labute approximate surface area is 82.6 Å². The van der Waals surface area contributed by atoms with Crippen LogP contribution in [0.15, 0.2) is 33.5 Å². The standard InChI is InChI=1S/C10H6F2O3/c11-10(12)8-6(13)3-1-5-2-4-7(14)15-9(5)8/h1-4,10,13H. The van der Waals surface area contributed by atoms with Crippen molar-refractivity contribution in [1.29, 1.82) is 0 Å². The van der Waals surface area contributed by atoms with Gasteiger partial charge in [-0.3, -0.25) is 0 Å². The minimum Gasteiger partial charge on any atom is -0.507 e. The summed E-state index contributed by atoms with van der Waals surface area (Å²) in [6.07, 6.45) is -2.89. The SMILES string of the molecule is O=c1ccc2ccc(O)c(C(F)F)c2o1. The summed E-state index contributed by atoms with van der Waals surface area (Å²) in [4.78, 5) is 10.9. The second-order valence-electron chi connectivity index (χ2n) is 2.97. The van der Waals surface area contributed by atoms with Crippen LogP contribution < -0.4 is 5.63 Å². The van der Waals surface area contributed by atoms with E-state index in [9.17, 15) is 18.7 Å². The van der Waals surface area contributed by atoms with Gasteiger partial charge in [-0.1, -0.05) is 0 Å². The van der Waals surface area contributed by atoms with Crippen LogP contribution in [0.3, 0.4) is 0 Å². The third-order valence-corrected chi connectivity index (χ3v) is 2.02. The molecule has 5 heteroatoms. The van der Waals surface area contributed by atoms with Crippen molar-refractivity contribution in [2.45, 2.75) is 6.43 Å². The van der Waals surface area contributed by atoms with Gasteiger partial charge < -0.3 is 9.52 Å². The number of phenols is 1. The van der Waals surface area contributed by atoms with Crippen molar-refractivity contribution < 1.29 is 18.3 Å². The molecule has 0 bridgehead atoms. The lowest BCUT2D eigenvalue weighted by Gasteiger charge is -2.05. The van der Waals surface area contributed by atoms with Gasteiger partial charge in [-0.25, -0.2) is 13.6 Å². The third-order valence-electron chi connectivity index (χ3n) is 2.02. The molecule has 0 atom stereocenters. The minimum absolute atomic E-state index is 0.266. The molecule has 0 spiro atoms. The van der Waals surface area contributed by atoms with Crippen molar-refractivity contribution in [1.82, 2.24) is 0 Å². The quantitative estimate of drug-likeness (QED) is 0.738. The summed E-state index contributed by atoms with van der Waals surface area (Å²) in [5, 5.41) is 9.58. The summed E-state index contributed by atoms with van der Waals surface area (Å²) in [6, 6.07) is 5.05. The Morgan fingerprint density at radius 3 is 2.53 bits per heavy atom. The molecular weight excluding hydrogens is 206 g/mol.